The number of ketones is 1. The number of rotatable bonds is 2. The van der Waals surface area contributed by atoms with E-state index >= 15 is 0 Å². The normalized spacial score (nSPS) is 25.2. The SMILES string of the molecule is CN1C(=S)SC(C)(C)C1N(O)C=C1C=CC(=O)C=C1. The molecule has 1 N–H and O–H groups in total. The highest BCUT2D eigenvalue weighted by atomic mass is 32.2. The van der Waals surface area contributed by atoms with Crippen LogP contribution in [-0.4, -0.2) is 43.2 Å². The van der Waals surface area contributed by atoms with Gasteiger partial charge >= 0.3 is 0 Å². The van der Waals surface area contributed by atoms with Crippen LogP contribution in [0.2, 0.25) is 0 Å². The van der Waals surface area contributed by atoms with Gasteiger partial charge in [0.25, 0.3) is 0 Å². The summed E-state index contributed by atoms with van der Waals surface area (Å²) in [5.74, 6) is -0.0447. The molecule has 0 saturated carbocycles. The average Bonchev–Trinajstić information content (AvgIpc) is 2.51. The third kappa shape index (κ3) is 2.91. The number of carbonyl (C=O) groups is 1. The maximum absolute atomic E-state index is 11.0. The molecule has 1 aliphatic heterocycles. The van der Waals surface area contributed by atoms with Crippen molar-refractivity contribution in [2.75, 3.05) is 7.05 Å². The molecule has 0 aromatic rings. The van der Waals surface area contributed by atoms with Crippen LogP contribution in [0.3, 0.4) is 0 Å². The van der Waals surface area contributed by atoms with Crippen LogP contribution in [0, 0.1) is 0 Å². The third-order valence-electron chi connectivity index (χ3n) is 3.04. The second kappa shape index (κ2) is 5.11. The zero-order valence-electron chi connectivity index (χ0n) is 11.0. The fraction of sp³-hybridized carbons (Fsp3) is 0.385. The third-order valence-corrected chi connectivity index (χ3v) is 4.78. The Labute approximate surface area is 122 Å². The van der Waals surface area contributed by atoms with Crippen LogP contribution in [0.5, 0.6) is 0 Å². The van der Waals surface area contributed by atoms with E-state index in [1.807, 2.05) is 25.8 Å². The molecule has 0 aromatic carbocycles. The van der Waals surface area contributed by atoms with Crippen LogP contribution in [0.25, 0.3) is 0 Å². The Kier molecular flexibility index (Phi) is 3.85. The first-order valence-corrected chi connectivity index (χ1v) is 7.09. The number of hydrogen-bond donors (Lipinski definition) is 1. The van der Waals surface area contributed by atoms with Crippen molar-refractivity contribution in [2.45, 2.75) is 24.8 Å². The number of carbonyl (C=O) groups excluding carboxylic acids is 1. The first kappa shape index (κ1) is 14.3. The molecule has 6 heteroatoms. The van der Waals surface area contributed by atoms with Crippen LogP contribution in [-0.2, 0) is 4.79 Å². The lowest BCUT2D eigenvalue weighted by Crippen LogP contribution is -2.48. The molecule has 0 aromatic heterocycles. The van der Waals surface area contributed by atoms with Crippen molar-refractivity contribution in [2.24, 2.45) is 0 Å². The molecule has 1 atom stereocenters. The first-order valence-electron chi connectivity index (χ1n) is 5.86. The lowest BCUT2D eigenvalue weighted by atomic mass is 10.1. The van der Waals surface area contributed by atoms with Crippen LogP contribution in [0.15, 0.2) is 36.1 Å². The summed E-state index contributed by atoms with van der Waals surface area (Å²) in [6.45, 7) is 4.08. The summed E-state index contributed by atoms with van der Waals surface area (Å²) in [5, 5.41) is 11.4. The summed E-state index contributed by atoms with van der Waals surface area (Å²) in [4.78, 5) is 12.9. The van der Waals surface area contributed by atoms with Crippen LogP contribution >= 0.6 is 24.0 Å². The summed E-state index contributed by atoms with van der Waals surface area (Å²) in [6, 6.07) is 0. The highest BCUT2D eigenvalue weighted by Gasteiger charge is 2.45. The Morgan fingerprint density at radius 3 is 2.47 bits per heavy atom. The maximum Gasteiger partial charge on any atom is 0.178 e. The Morgan fingerprint density at radius 1 is 1.42 bits per heavy atom. The molecule has 1 heterocycles. The summed E-state index contributed by atoms with van der Waals surface area (Å²) in [7, 11) is 1.87. The molecule has 1 saturated heterocycles. The molecule has 1 unspecified atom stereocenters. The van der Waals surface area contributed by atoms with Crippen LogP contribution in [0.4, 0.5) is 0 Å². The minimum Gasteiger partial charge on any atom is -0.337 e. The fourth-order valence-electron chi connectivity index (χ4n) is 2.19. The van der Waals surface area contributed by atoms with Crippen LogP contribution < -0.4 is 0 Å². The highest BCUT2D eigenvalue weighted by molar-refractivity contribution is 8.24. The first-order chi connectivity index (χ1) is 8.81. The molecule has 0 radical (unpaired) electrons. The predicted molar refractivity (Wildman–Crippen MR) is 80.8 cm³/mol. The zero-order chi connectivity index (χ0) is 14.2. The minimum absolute atomic E-state index is 0.0447. The highest BCUT2D eigenvalue weighted by Crippen LogP contribution is 2.41. The van der Waals surface area contributed by atoms with E-state index in [9.17, 15) is 10.0 Å². The van der Waals surface area contributed by atoms with Gasteiger partial charge in [-0.1, -0.05) is 24.0 Å². The minimum atomic E-state index is -0.239. The van der Waals surface area contributed by atoms with Crippen LogP contribution in [0.1, 0.15) is 13.8 Å². The van der Waals surface area contributed by atoms with E-state index < -0.39 is 0 Å². The molecule has 2 rings (SSSR count). The molecule has 102 valence electrons. The fourth-order valence-corrected chi connectivity index (χ4v) is 4.00. The summed E-state index contributed by atoms with van der Waals surface area (Å²) in [5.41, 5.74) is 0.772. The largest absolute Gasteiger partial charge is 0.337 e. The van der Waals surface area contributed by atoms with E-state index in [0.717, 1.165) is 15.0 Å². The predicted octanol–water partition coefficient (Wildman–Crippen LogP) is 2.32. The average molecular weight is 296 g/mol. The van der Waals surface area contributed by atoms with Crippen molar-refractivity contribution in [1.82, 2.24) is 9.96 Å². The van der Waals surface area contributed by atoms with E-state index in [-0.39, 0.29) is 16.7 Å². The quantitative estimate of drug-likeness (QED) is 0.623. The van der Waals surface area contributed by atoms with Crippen molar-refractivity contribution >= 4 is 34.1 Å². The monoisotopic (exact) mass is 296 g/mol. The Balaban J connectivity index is 2.20. The Hall–Kier alpha value is -1.11. The van der Waals surface area contributed by atoms with Gasteiger partial charge in [-0.3, -0.25) is 10.0 Å². The Bertz CT molecular complexity index is 491. The molecule has 1 aliphatic carbocycles. The smallest absolute Gasteiger partial charge is 0.178 e. The molecule has 0 bridgehead atoms. The van der Waals surface area contributed by atoms with Gasteiger partial charge < -0.3 is 4.90 Å². The number of hydrogen-bond acceptors (Lipinski definition) is 5. The lowest BCUT2D eigenvalue weighted by Gasteiger charge is -2.34. The molecule has 2 aliphatic rings. The van der Waals surface area contributed by atoms with Gasteiger partial charge in [0.15, 0.2) is 5.78 Å². The van der Waals surface area contributed by atoms with E-state index in [0.29, 0.717) is 0 Å². The maximum atomic E-state index is 11.0. The van der Waals surface area contributed by atoms with Gasteiger partial charge in [-0.25, -0.2) is 5.06 Å². The molecule has 0 amide bonds. The lowest BCUT2D eigenvalue weighted by molar-refractivity contribution is -0.118. The van der Waals surface area contributed by atoms with Crippen molar-refractivity contribution in [3.8, 4) is 0 Å². The second-order valence-corrected chi connectivity index (χ2v) is 7.32. The van der Waals surface area contributed by atoms with E-state index in [1.54, 1.807) is 30.1 Å². The summed E-state index contributed by atoms with van der Waals surface area (Å²) >= 11 is 6.83. The standard InChI is InChI=1S/C13H16N2O2S2/c1-13(2)11(14(3)12(18)19-13)15(17)8-9-4-6-10(16)7-5-9/h4-8,11,17H,1-3H3. The van der Waals surface area contributed by atoms with Gasteiger partial charge in [0, 0.05) is 13.2 Å². The molecular weight excluding hydrogens is 280 g/mol. The van der Waals surface area contributed by atoms with E-state index in [2.05, 4.69) is 0 Å². The summed E-state index contributed by atoms with van der Waals surface area (Å²) < 4.78 is 0.549. The number of allylic oxidation sites excluding steroid dienone is 5. The number of hydroxylamine groups is 2. The van der Waals surface area contributed by atoms with Gasteiger partial charge in [-0.15, -0.1) is 0 Å². The van der Waals surface area contributed by atoms with E-state index in [4.69, 9.17) is 12.2 Å². The topological polar surface area (TPSA) is 43.8 Å². The number of thiocarbonyl (C=S) groups is 1. The molecule has 0 spiro atoms. The van der Waals surface area contributed by atoms with Gasteiger partial charge in [0.2, 0.25) is 0 Å². The summed E-state index contributed by atoms with van der Waals surface area (Å²) in [6.07, 6.45) is 7.68. The number of nitrogens with zero attached hydrogens (tertiary/aromatic N) is 2. The molecule has 4 nitrogen and oxygen atoms in total. The van der Waals surface area contributed by atoms with Crippen molar-refractivity contribution in [3.05, 3.63) is 36.1 Å². The molecule has 1 fully saturated rings. The van der Waals surface area contributed by atoms with E-state index in [1.165, 1.54) is 12.2 Å². The molecular formula is C13H16N2O2S2. The Morgan fingerprint density at radius 2 is 2.00 bits per heavy atom. The van der Waals surface area contributed by atoms with Crippen molar-refractivity contribution in [1.29, 1.82) is 0 Å². The van der Waals surface area contributed by atoms with Gasteiger partial charge in [-0.2, -0.15) is 0 Å². The van der Waals surface area contributed by atoms with Gasteiger partial charge in [0.05, 0.1) is 4.75 Å². The molecule has 19 heavy (non-hydrogen) atoms. The van der Waals surface area contributed by atoms with Gasteiger partial charge in [-0.05, 0) is 43.7 Å². The van der Waals surface area contributed by atoms with Crippen molar-refractivity contribution in [3.63, 3.8) is 0 Å². The van der Waals surface area contributed by atoms with Crippen molar-refractivity contribution < 1.29 is 10.0 Å². The zero-order valence-corrected chi connectivity index (χ0v) is 12.7. The van der Waals surface area contributed by atoms with Gasteiger partial charge in [0.1, 0.15) is 10.5 Å². The number of thioether (sulfide) groups is 1. The second-order valence-electron chi connectivity index (χ2n) is 5.03.